The molecule has 0 saturated heterocycles. The van der Waals surface area contributed by atoms with Crippen LogP contribution in [0, 0.1) is 0 Å². The number of hydrogen-bond acceptors (Lipinski definition) is 2. The Labute approximate surface area is 284 Å². The summed E-state index contributed by atoms with van der Waals surface area (Å²) in [7, 11) is 0. The maximum absolute atomic E-state index is 2.37. The summed E-state index contributed by atoms with van der Waals surface area (Å²) in [5, 5.41) is 5.17. The van der Waals surface area contributed by atoms with Gasteiger partial charge in [0.05, 0.1) is 5.69 Å². The van der Waals surface area contributed by atoms with Crippen molar-refractivity contribution < 1.29 is 0 Å². The topological polar surface area (TPSA) is 3.24 Å². The minimum atomic E-state index is 1.12. The van der Waals surface area contributed by atoms with Crippen LogP contribution in [0.2, 0.25) is 0 Å². The van der Waals surface area contributed by atoms with Gasteiger partial charge in [0.1, 0.15) is 0 Å². The van der Waals surface area contributed by atoms with E-state index in [2.05, 4.69) is 193 Å². The van der Waals surface area contributed by atoms with E-state index in [1.165, 1.54) is 64.3 Å². The van der Waals surface area contributed by atoms with Crippen molar-refractivity contribution in [3.63, 3.8) is 0 Å². The molecule has 9 rings (SSSR count). The lowest BCUT2D eigenvalue weighted by molar-refractivity contribution is 1.28. The van der Waals surface area contributed by atoms with Crippen LogP contribution in [0.15, 0.2) is 188 Å². The molecule has 0 unspecified atom stereocenters. The highest BCUT2D eigenvalue weighted by Gasteiger charge is 2.18. The summed E-state index contributed by atoms with van der Waals surface area (Å²) in [5.41, 5.74) is 10.6. The predicted octanol–water partition coefficient (Wildman–Crippen LogP) is 13.7. The second-order valence-electron chi connectivity index (χ2n) is 12.2. The van der Waals surface area contributed by atoms with E-state index in [0.717, 1.165) is 17.1 Å². The maximum atomic E-state index is 2.37. The standard InChI is InChI=1S/C46H31NS/c1-2-16-37(17-3-1)47(38-27-24-32(25-28-38)34-26-29-46-43(31-34)42-20-7-9-23-45(42)48-46)44-22-8-6-19-41(44)36-15-10-14-35(30-36)40-21-11-13-33-12-4-5-18-39(33)40/h1-31H. The van der Waals surface area contributed by atoms with Gasteiger partial charge in [0.25, 0.3) is 0 Å². The molecule has 0 amide bonds. The summed E-state index contributed by atoms with van der Waals surface area (Å²) >= 11 is 1.86. The Bertz CT molecular complexity index is 2560. The normalized spacial score (nSPS) is 11.3. The van der Waals surface area contributed by atoms with Crippen molar-refractivity contribution in [2.24, 2.45) is 0 Å². The quantitative estimate of drug-likeness (QED) is 0.177. The summed E-state index contributed by atoms with van der Waals surface area (Å²) in [4.78, 5) is 2.37. The summed E-state index contributed by atoms with van der Waals surface area (Å²) in [5.74, 6) is 0. The minimum Gasteiger partial charge on any atom is -0.310 e. The maximum Gasteiger partial charge on any atom is 0.0540 e. The van der Waals surface area contributed by atoms with Gasteiger partial charge >= 0.3 is 0 Å². The molecule has 0 fully saturated rings. The molecule has 0 aliphatic rings. The number of fused-ring (bicyclic) bond motifs is 4. The van der Waals surface area contributed by atoms with Gasteiger partial charge in [-0.3, -0.25) is 0 Å². The Morgan fingerprint density at radius 3 is 1.81 bits per heavy atom. The van der Waals surface area contributed by atoms with Crippen LogP contribution < -0.4 is 4.90 Å². The molecule has 0 atom stereocenters. The molecular weight excluding hydrogens is 599 g/mol. The minimum absolute atomic E-state index is 1.12. The Hall–Kier alpha value is -5.96. The lowest BCUT2D eigenvalue weighted by atomic mass is 9.94. The molecule has 0 aliphatic carbocycles. The molecule has 1 heterocycles. The number of rotatable bonds is 6. The summed E-state index contributed by atoms with van der Waals surface area (Å²) < 4.78 is 2.66. The molecule has 2 heteroatoms. The van der Waals surface area contributed by atoms with Crippen molar-refractivity contribution in [2.75, 3.05) is 4.90 Å². The van der Waals surface area contributed by atoms with Crippen molar-refractivity contribution >= 4 is 59.3 Å². The average Bonchev–Trinajstić information content (AvgIpc) is 3.54. The summed E-state index contributed by atoms with van der Waals surface area (Å²) in [6.45, 7) is 0. The van der Waals surface area contributed by atoms with Crippen LogP contribution in [0.3, 0.4) is 0 Å². The lowest BCUT2D eigenvalue weighted by Gasteiger charge is -2.28. The van der Waals surface area contributed by atoms with Gasteiger partial charge in [0.15, 0.2) is 0 Å². The second kappa shape index (κ2) is 12.0. The van der Waals surface area contributed by atoms with Crippen molar-refractivity contribution in [2.45, 2.75) is 0 Å². The Balaban J connectivity index is 1.14. The first kappa shape index (κ1) is 28.3. The van der Waals surface area contributed by atoms with Crippen molar-refractivity contribution in [1.29, 1.82) is 0 Å². The van der Waals surface area contributed by atoms with Crippen LogP contribution in [0.4, 0.5) is 17.1 Å². The van der Waals surface area contributed by atoms with Gasteiger partial charge in [-0.25, -0.2) is 0 Å². The van der Waals surface area contributed by atoms with Gasteiger partial charge in [0.2, 0.25) is 0 Å². The first-order chi connectivity index (χ1) is 23.8. The van der Waals surface area contributed by atoms with E-state index in [1.807, 2.05) is 11.3 Å². The fourth-order valence-electron chi connectivity index (χ4n) is 6.96. The van der Waals surface area contributed by atoms with E-state index in [9.17, 15) is 0 Å². The van der Waals surface area contributed by atoms with Gasteiger partial charge in [-0.2, -0.15) is 0 Å². The Kier molecular flexibility index (Phi) is 7.07. The smallest absolute Gasteiger partial charge is 0.0540 e. The Morgan fingerprint density at radius 1 is 0.333 bits per heavy atom. The highest BCUT2D eigenvalue weighted by molar-refractivity contribution is 7.25. The van der Waals surface area contributed by atoms with Gasteiger partial charge < -0.3 is 4.90 Å². The van der Waals surface area contributed by atoms with Crippen molar-refractivity contribution in [1.82, 2.24) is 0 Å². The van der Waals surface area contributed by atoms with Crippen LogP contribution in [0.25, 0.3) is 64.3 Å². The molecule has 48 heavy (non-hydrogen) atoms. The zero-order valence-corrected chi connectivity index (χ0v) is 27.1. The van der Waals surface area contributed by atoms with E-state index < -0.39 is 0 Å². The Morgan fingerprint density at radius 2 is 0.938 bits per heavy atom. The van der Waals surface area contributed by atoms with Crippen LogP contribution in [-0.2, 0) is 0 Å². The number of hydrogen-bond donors (Lipinski definition) is 0. The molecule has 1 nitrogen and oxygen atoms in total. The fourth-order valence-corrected chi connectivity index (χ4v) is 8.04. The van der Waals surface area contributed by atoms with Gasteiger partial charge in [-0.1, -0.05) is 133 Å². The number of benzene rings is 8. The third kappa shape index (κ3) is 5.04. The average molecular weight is 630 g/mol. The monoisotopic (exact) mass is 629 g/mol. The largest absolute Gasteiger partial charge is 0.310 e. The van der Waals surface area contributed by atoms with Crippen molar-refractivity contribution in [3.8, 4) is 33.4 Å². The molecule has 0 bridgehead atoms. The first-order valence-electron chi connectivity index (χ1n) is 16.3. The number of para-hydroxylation sites is 2. The molecule has 226 valence electrons. The summed E-state index contributed by atoms with van der Waals surface area (Å²) in [6.07, 6.45) is 0. The lowest BCUT2D eigenvalue weighted by Crippen LogP contribution is -2.11. The zero-order valence-electron chi connectivity index (χ0n) is 26.3. The van der Waals surface area contributed by atoms with Crippen LogP contribution in [-0.4, -0.2) is 0 Å². The van der Waals surface area contributed by atoms with Crippen LogP contribution in [0.5, 0.6) is 0 Å². The van der Waals surface area contributed by atoms with E-state index >= 15 is 0 Å². The zero-order chi connectivity index (χ0) is 31.9. The molecular formula is C46H31NS. The van der Waals surface area contributed by atoms with Gasteiger partial charge in [-0.05, 0) is 93.2 Å². The third-order valence-corrected chi connectivity index (χ3v) is 10.4. The number of thiophene rings is 1. The highest BCUT2D eigenvalue weighted by atomic mass is 32.1. The number of nitrogens with zero attached hydrogens (tertiary/aromatic N) is 1. The van der Waals surface area contributed by atoms with E-state index in [1.54, 1.807) is 0 Å². The number of anilines is 3. The molecule has 0 radical (unpaired) electrons. The van der Waals surface area contributed by atoms with E-state index in [-0.39, 0.29) is 0 Å². The van der Waals surface area contributed by atoms with E-state index in [4.69, 9.17) is 0 Å². The molecule has 0 aliphatic heterocycles. The highest BCUT2D eigenvalue weighted by Crippen LogP contribution is 2.43. The van der Waals surface area contributed by atoms with Crippen LogP contribution in [0.1, 0.15) is 0 Å². The predicted molar refractivity (Wildman–Crippen MR) is 208 cm³/mol. The van der Waals surface area contributed by atoms with E-state index in [0.29, 0.717) is 0 Å². The van der Waals surface area contributed by atoms with Gasteiger partial charge in [0, 0.05) is 37.1 Å². The second-order valence-corrected chi connectivity index (χ2v) is 13.2. The first-order valence-corrected chi connectivity index (χ1v) is 17.2. The van der Waals surface area contributed by atoms with Crippen molar-refractivity contribution in [3.05, 3.63) is 188 Å². The third-order valence-electron chi connectivity index (χ3n) is 9.27. The molecule has 1 aromatic heterocycles. The fraction of sp³-hybridized carbons (Fsp3) is 0. The molecule has 0 spiro atoms. The van der Waals surface area contributed by atoms with Crippen LogP contribution >= 0.6 is 11.3 Å². The SMILES string of the molecule is c1ccc(N(c2ccc(-c3ccc4sc5ccccc5c4c3)cc2)c2ccccc2-c2cccc(-c3cccc4ccccc34)c2)cc1. The molecule has 0 N–H and O–H groups in total. The van der Waals surface area contributed by atoms with Gasteiger partial charge in [-0.15, -0.1) is 11.3 Å². The molecule has 0 saturated carbocycles. The molecule has 9 aromatic rings. The summed E-state index contributed by atoms with van der Waals surface area (Å²) in [6, 6.07) is 68.1. The molecule has 8 aromatic carbocycles.